The van der Waals surface area contributed by atoms with Crippen molar-refractivity contribution in [2.75, 3.05) is 0 Å². The Labute approximate surface area is 80.3 Å². The zero-order valence-corrected chi connectivity index (χ0v) is 7.43. The molecule has 0 atom stereocenters. The fraction of sp³-hybridized carbons (Fsp3) is 0.333. The molecule has 0 radical (unpaired) electrons. The van der Waals surface area contributed by atoms with Crippen LogP contribution in [0.3, 0.4) is 0 Å². The van der Waals surface area contributed by atoms with Crippen LogP contribution in [0.1, 0.15) is 18.4 Å². The lowest BCUT2D eigenvalue weighted by Crippen LogP contribution is -2.18. The third-order valence-corrected chi connectivity index (χ3v) is 2.54. The topological polar surface area (TPSA) is 89.4 Å². The van der Waals surface area contributed by atoms with Crippen LogP contribution in [-0.2, 0) is 5.54 Å². The smallest absolute Gasteiger partial charge is 0.310 e. The van der Waals surface area contributed by atoms with Gasteiger partial charge in [0, 0.05) is 11.6 Å². The summed E-state index contributed by atoms with van der Waals surface area (Å²) in [5.41, 5.74) is 6.00. The summed E-state index contributed by atoms with van der Waals surface area (Å²) in [6, 6.07) is 4.27. The summed E-state index contributed by atoms with van der Waals surface area (Å²) in [4.78, 5) is 9.80. The number of nitro benzene ring substituents is 1. The summed E-state index contributed by atoms with van der Waals surface area (Å²) in [5, 5.41) is 19.8. The van der Waals surface area contributed by atoms with Crippen LogP contribution >= 0.6 is 0 Å². The third-order valence-electron chi connectivity index (χ3n) is 2.54. The molecule has 5 nitrogen and oxygen atoms in total. The predicted octanol–water partition coefficient (Wildman–Crippen LogP) is 1.25. The van der Waals surface area contributed by atoms with Crippen molar-refractivity contribution in [2.45, 2.75) is 18.4 Å². The molecule has 0 unspecified atom stereocenters. The van der Waals surface area contributed by atoms with Crippen LogP contribution in [0.2, 0.25) is 0 Å². The van der Waals surface area contributed by atoms with Gasteiger partial charge in [-0.3, -0.25) is 10.1 Å². The van der Waals surface area contributed by atoms with Crippen molar-refractivity contribution in [3.8, 4) is 5.75 Å². The molecule has 2 rings (SSSR count). The van der Waals surface area contributed by atoms with Gasteiger partial charge in [-0.15, -0.1) is 0 Å². The molecule has 74 valence electrons. The fourth-order valence-electron chi connectivity index (χ4n) is 1.41. The lowest BCUT2D eigenvalue weighted by molar-refractivity contribution is -0.385. The third kappa shape index (κ3) is 1.31. The van der Waals surface area contributed by atoms with E-state index in [2.05, 4.69) is 0 Å². The van der Waals surface area contributed by atoms with E-state index in [4.69, 9.17) is 5.73 Å². The predicted molar refractivity (Wildman–Crippen MR) is 49.9 cm³/mol. The Morgan fingerprint density at radius 2 is 2.14 bits per heavy atom. The van der Waals surface area contributed by atoms with Crippen LogP contribution in [-0.4, -0.2) is 10.0 Å². The minimum atomic E-state index is -0.616. The normalized spacial score (nSPS) is 17.8. The van der Waals surface area contributed by atoms with Gasteiger partial charge in [-0.2, -0.15) is 0 Å². The number of phenolic OH excluding ortho intramolecular Hbond substituents is 1. The number of benzene rings is 1. The molecule has 14 heavy (non-hydrogen) atoms. The molecule has 1 aliphatic rings. The molecule has 3 N–H and O–H groups in total. The SMILES string of the molecule is NC1(c2ccc([N+](=O)[O-])c(O)c2)CC1. The van der Waals surface area contributed by atoms with E-state index in [1.165, 1.54) is 12.1 Å². The number of aromatic hydroxyl groups is 1. The van der Waals surface area contributed by atoms with Gasteiger partial charge in [0.1, 0.15) is 0 Å². The Kier molecular flexibility index (Phi) is 1.72. The summed E-state index contributed by atoms with van der Waals surface area (Å²) in [6.45, 7) is 0. The average Bonchev–Trinajstić information content (AvgIpc) is 2.84. The van der Waals surface area contributed by atoms with Crippen molar-refractivity contribution >= 4 is 5.69 Å². The maximum atomic E-state index is 10.4. The molecule has 0 amide bonds. The van der Waals surface area contributed by atoms with Gasteiger partial charge in [-0.25, -0.2) is 0 Å². The van der Waals surface area contributed by atoms with Gasteiger partial charge in [-0.05, 0) is 24.5 Å². The van der Waals surface area contributed by atoms with Crippen molar-refractivity contribution in [3.63, 3.8) is 0 Å². The van der Waals surface area contributed by atoms with Crippen molar-refractivity contribution in [1.82, 2.24) is 0 Å². The Hall–Kier alpha value is -1.62. The molecule has 1 aliphatic carbocycles. The Balaban J connectivity index is 2.40. The molecule has 0 aromatic heterocycles. The largest absolute Gasteiger partial charge is 0.502 e. The van der Waals surface area contributed by atoms with Gasteiger partial charge in [0.25, 0.3) is 0 Å². The maximum Gasteiger partial charge on any atom is 0.310 e. The summed E-state index contributed by atoms with van der Waals surface area (Å²) in [7, 11) is 0. The summed E-state index contributed by atoms with van der Waals surface area (Å²) >= 11 is 0. The fourth-order valence-corrected chi connectivity index (χ4v) is 1.41. The molecule has 0 heterocycles. The second-order valence-electron chi connectivity index (χ2n) is 3.62. The van der Waals surface area contributed by atoms with Gasteiger partial charge in [0.05, 0.1) is 4.92 Å². The van der Waals surface area contributed by atoms with Gasteiger partial charge in [0.2, 0.25) is 0 Å². The van der Waals surface area contributed by atoms with Crippen molar-refractivity contribution < 1.29 is 10.0 Å². The van der Waals surface area contributed by atoms with E-state index >= 15 is 0 Å². The molecule has 0 bridgehead atoms. The number of phenols is 1. The first-order valence-corrected chi connectivity index (χ1v) is 4.30. The Bertz CT molecular complexity index is 399. The van der Waals surface area contributed by atoms with Gasteiger partial charge in [-0.1, -0.05) is 6.07 Å². The van der Waals surface area contributed by atoms with Crippen LogP contribution < -0.4 is 5.73 Å². The van der Waals surface area contributed by atoms with Gasteiger partial charge < -0.3 is 10.8 Å². The van der Waals surface area contributed by atoms with E-state index in [1.807, 2.05) is 0 Å². The number of rotatable bonds is 2. The first-order chi connectivity index (χ1) is 6.53. The molecule has 1 fully saturated rings. The molecule has 0 saturated heterocycles. The van der Waals surface area contributed by atoms with Crippen molar-refractivity contribution in [3.05, 3.63) is 33.9 Å². The highest BCUT2D eigenvalue weighted by Crippen LogP contribution is 2.44. The van der Waals surface area contributed by atoms with E-state index in [9.17, 15) is 15.2 Å². The Morgan fingerprint density at radius 1 is 1.50 bits per heavy atom. The summed E-state index contributed by atoms with van der Waals surface area (Å²) in [6.07, 6.45) is 1.73. The van der Waals surface area contributed by atoms with Crippen LogP contribution in [0.5, 0.6) is 5.75 Å². The summed E-state index contributed by atoms with van der Waals surface area (Å²) in [5.74, 6) is -0.316. The zero-order chi connectivity index (χ0) is 10.3. The molecule has 1 aromatic rings. The molecule has 5 heteroatoms. The van der Waals surface area contributed by atoms with E-state index < -0.39 is 4.92 Å². The molecular weight excluding hydrogens is 184 g/mol. The van der Waals surface area contributed by atoms with E-state index in [1.54, 1.807) is 6.07 Å². The number of hydrogen-bond donors (Lipinski definition) is 2. The highest BCUT2D eigenvalue weighted by Gasteiger charge is 2.40. The van der Waals surface area contributed by atoms with Crippen molar-refractivity contribution in [1.29, 1.82) is 0 Å². The monoisotopic (exact) mass is 194 g/mol. The second-order valence-corrected chi connectivity index (χ2v) is 3.62. The van der Waals surface area contributed by atoms with E-state index in [0.717, 1.165) is 18.4 Å². The van der Waals surface area contributed by atoms with Gasteiger partial charge in [0.15, 0.2) is 5.75 Å². The number of hydrogen-bond acceptors (Lipinski definition) is 4. The first-order valence-electron chi connectivity index (χ1n) is 4.30. The van der Waals surface area contributed by atoms with Crippen molar-refractivity contribution in [2.24, 2.45) is 5.73 Å². The van der Waals surface area contributed by atoms with E-state index in [-0.39, 0.29) is 17.0 Å². The molecule has 1 saturated carbocycles. The van der Waals surface area contributed by atoms with E-state index in [0.29, 0.717) is 0 Å². The lowest BCUT2D eigenvalue weighted by atomic mass is 10.1. The maximum absolute atomic E-state index is 10.4. The number of nitro groups is 1. The summed E-state index contributed by atoms with van der Waals surface area (Å²) < 4.78 is 0. The molecule has 1 aromatic carbocycles. The minimum Gasteiger partial charge on any atom is -0.502 e. The standard InChI is InChI=1S/C9H10N2O3/c10-9(3-4-9)6-1-2-7(11(13)14)8(12)5-6/h1-2,5,12H,3-4,10H2. The highest BCUT2D eigenvalue weighted by atomic mass is 16.6. The van der Waals surface area contributed by atoms with Crippen LogP contribution in [0.25, 0.3) is 0 Å². The second kappa shape index (κ2) is 2.68. The molecular formula is C9H10N2O3. The Morgan fingerprint density at radius 3 is 2.57 bits per heavy atom. The quantitative estimate of drug-likeness (QED) is 0.547. The average molecular weight is 194 g/mol. The number of nitrogens with zero attached hydrogens (tertiary/aromatic N) is 1. The first kappa shape index (κ1) is 8.96. The highest BCUT2D eigenvalue weighted by molar-refractivity contribution is 5.49. The van der Waals surface area contributed by atoms with Gasteiger partial charge >= 0.3 is 5.69 Å². The van der Waals surface area contributed by atoms with Crippen LogP contribution in [0.15, 0.2) is 18.2 Å². The molecule has 0 spiro atoms. The molecule has 0 aliphatic heterocycles. The zero-order valence-electron chi connectivity index (χ0n) is 7.43. The van der Waals surface area contributed by atoms with Crippen LogP contribution in [0, 0.1) is 10.1 Å². The van der Waals surface area contributed by atoms with Crippen LogP contribution in [0.4, 0.5) is 5.69 Å². The lowest BCUT2D eigenvalue weighted by Gasteiger charge is -2.08. The minimum absolute atomic E-state index is 0.280. The number of nitrogens with two attached hydrogens (primary N) is 1.